The van der Waals surface area contributed by atoms with Crippen LogP contribution in [0.5, 0.6) is 0 Å². The smallest absolute Gasteiger partial charge is 0.000696 e. The molecule has 12 rings (SSSR count). The number of hydrogen-bond acceptors (Lipinski definition) is 0. The largest absolute Gasteiger partial charge is 0.0622 e. The summed E-state index contributed by atoms with van der Waals surface area (Å²) < 4.78 is 0. The Hall–Kier alpha value is -7.02. The van der Waals surface area contributed by atoms with E-state index < -0.39 is 0 Å². The fourth-order valence-electron chi connectivity index (χ4n) is 9.81. The fourth-order valence-corrected chi connectivity index (χ4v) is 9.81. The van der Waals surface area contributed by atoms with Gasteiger partial charge in [0.1, 0.15) is 0 Å². The van der Waals surface area contributed by atoms with Crippen LogP contribution in [0.1, 0.15) is 0 Å². The van der Waals surface area contributed by atoms with Gasteiger partial charge >= 0.3 is 0 Å². The van der Waals surface area contributed by atoms with Crippen molar-refractivity contribution >= 4 is 53.9 Å². The van der Waals surface area contributed by atoms with Crippen molar-refractivity contribution in [1.82, 2.24) is 0 Å². The molecule has 248 valence electrons. The maximum absolute atomic E-state index is 2.42. The Kier molecular flexibility index (Phi) is 6.15. The summed E-state index contributed by atoms with van der Waals surface area (Å²) in [5.41, 5.74) is 15.4. The Morgan fingerprint density at radius 1 is 0.167 bits per heavy atom. The van der Waals surface area contributed by atoms with Gasteiger partial charge < -0.3 is 0 Å². The molecular weight excluding hydrogens is 649 g/mol. The molecule has 0 fully saturated rings. The zero-order chi connectivity index (χ0) is 35.3. The van der Waals surface area contributed by atoms with Crippen molar-refractivity contribution < 1.29 is 0 Å². The van der Waals surface area contributed by atoms with Gasteiger partial charge in [0, 0.05) is 0 Å². The maximum Gasteiger partial charge on any atom is -0.000696 e. The number of fused-ring (bicyclic) bond motifs is 6. The van der Waals surface area contributed by atoms with Gasteiger partial charge in [0.2, 0.25) is 0 Å². The van der Waals surface area contributed by atoms with E-state index in [4.69, 9.17) is 0 Å². The zero-order valence-electron chi connectivity index (χ0n) is 29.5. The third-order valence-corrected chi connectivity index (χ3v) is 12.0. The van der Waals surface area contributed by atoms with Crippen molar-refractivity contribution in [3.05, 3.63) is 194 Å². The van der Waals surface area contributed by atoms with Gasteiger partial charge in [-0.2, -0.15) is 0 Å². The molecular formula is C54H32. The molecule has 0 aromatic heterocycles. The number of rotatable bonds is 4. The lowest BCUT2D eigenvalue weighted by molar-refractivity contribution is 1.63. The zero-order valence-corrected chi connectivity index (χ0v) is 29.5. The van der Waals surface area contributed by atoms with Crippen LogP contribution in [0, 0.1) is 0 Å². The Morgan fingerprint density at radius 2 is 0.593 bits per heavy atom. The van der Waals surface area contributed by atoms with Crippen molar-refractivity contribution in [3.63, 3.8) is 0 Å². The first-order chi connectivity index (χ1) is 26.8. The summed E-state index contributed by atoms with van der Waals surface area (Å²) >= 11 is 0. The van der Waals surface area contributed by atoms with E-state index in [1.54, 1.807) is 0 Å². The highest BCUT2D eigenvalue weighted by atomic mass is 14.3. The lowest BCUT2D eigenvalue weighted by Gasteiger charge is -2.22. The molecule has 0 nitrogen and oxygen atoms in total. The normalized spacial score (nSPS) is 12.1. The van der Waals surface area contributed by atoms with E-state index in [-0.39, 0.29) is 0 Å². The minimum atomic E-state index is 1.23. The predicted octanol–water partition coefficient (Wildman–Crippen LogP) is 15.2. The lowest BCUT2D eigenvalue weighted by atomic mass is 9.80. The molecule has 0 aliphatic heterocycles. The number of benzene rings is 11. The summed E-state index contributed by atoms with van der Waals surface area (Å²) in [6, 6.07) is 72.0. The average Bonchev–Trinajstić information content (AvgIpc) is 3.58. The predicted molar refractivity (Wildman–Crippen MR) is 231 cm³/mol. The highest BCUT2D eigenvalue weighted by molar-refractivity contribution is 6.42. The number of hydrogen-bond donors (Lipinski definition) is 0. The third-order valence-electron chi connectivity index (χ3n) is 12.0. The molecule has 11 aromatic rings. The summed E-state index contributed by atoms with van der Waals surface area (Å²) in [5.74, 6) is 0. The lowest BCUT2D eigenvalue weighted by Crippen LogP contribution is -1.94. The van der Waals surface area contributed by atoms with Crippen molar-refractivity contribution in [3.8, 4) is 66.8 Å². The van der Waals surface area contributed by atoms with Crippen LogP contribution in [0.4, 0.5) is 0 Å². The Bertz CT molecular complexity index is 3220. The van der Waals surface area contributed by atoms with Crippen LogP contribution >= 0.6 is 0 Å². The molecule has 0 spiro atoms. The summed E-state index contributed by atoms with van der Waals surface area (Å²) in [5, 5.41) is 13.2. The first kappa shape index (κ1) is 29.5. The van der Waals surface area contributed by atoms with Gasteiger partial charge in [-0.15, -0.1) is 0 Å². The second kappa shape index (κ2) is 11.2. The second-order valence-electron chi connectivity index (χ2n) is 14.7. The van der Waals surface area contributed by atoms with E-state index in [0.29, 0.717) is 0 Å². The Balaban J connectivity index is 1.32. The topological polar surface area (TPSA) is 0 Å². The minimum absolute atomic E-state index is 1.23. The summed E-state index contributed by atoms with van der Waals surface area (Å²) in [7, 11) is 0. The highest BCUT2D eigenvalue weighted by Gasteiger charge is 2.32. The molecule has 0 radical (unpaired) electrons. The standard InChI is InChI=1S/C54H32/c1-5-15-33(16-6-1)37-27-30-44-48-40(37)23-13-24-41(48)42-25-14-26-43-47(36-21-11-4-12-22-36)52-45-31-28-38(34-17-7-2-8-18-34)49-39(35-19-9-3-10-20-35)29-32-46(51(45)49)54(52)53(44)50(42)43/h1-32H. The van der Waals surface area contributed by atoms with Crippen LogP contribution < -0.4 is 0 Å². The molecule has 0 heteroatoms. The van der Waals surface area contributed by atoms with Crippen LogP contribution in [0.2, 0.25) is 0 Å². The van der Waals surface area contributed by atoms with E-state index in [1.165, 1.54) is 121 Å². The van der Waals surface area contributed by atoms with E-state index in [9.17, 15) is 0 Å². The van der Waals surface area contributed by atoms with Gasteiger partial charge in [-0.3, -0.25) is 0 Å². The van der Waals surface area contributed by atoms with Gasteiger partial charge in [0.25, 0.3) is 0 Å². The van der Waals surface area contributed by atoms with Gasteiger partial charge in [0.15, 0.2) is 0 Å². The third kappa shape index (κ3) is 3.97. The van der Waals surface area contributed by atoms with E-state index >= 15 is 0 Å². The first-order valence-corrected chi connectivity index (χ1v) is 18.9. The van der Waals surface area contributed by atoms with Gasteiger partial charge in [-0.05, 0) is 121 Å². The highest BCUT2D eigenvalue weighted by Crippen LogP contribution is 2.60. The van der Waals surface area contributed by atoms with Gasteiger partial charge in [-0.1, -0.05) is 194 Å². The molecule has 0 atom stereocenters. The quantitative estimate of drug-likeness (QED) is 0.128. The van der Waals surface area contributed by atoms with Crippen molar-refractivity contribution in [2.75, 3.05) is 0 Å². The average molecular weight is 681 g/mol. The van der Waals surface area contributed by atoms with Crippen molar-refractivity contribution in [2.45, 2.75) is 0 Å². The molecule has 0 heterocycles. The summed E-state index contributed by atoms with van der Waals surface area (Å²) in [6.45, 7) is 0. The fraction of sp³-hybridized carbons (Fsp3) is 0. The maximum atomic E-state index is 2.42. The van der Waals surface area contributed by atoms with Crippen molar-refractivity contribution in [1.29, 1.82) is 0 Å². The molecule has 0 bridgehead atoms. The molecule has 0 N–H and O–H groups in total. The van der Waals surface area contributed by atoms with Crippen LogP contribution in [0.15, 0.2) is 194 Å². The SMILES string of the molecule is c1ccc(-c2ccc3c4c5c(c(-c6ccccc6)c6cccc(c7cccc2c73)c64)-c2ccc(-c3ccccc3)c3c(-c4ccccc4)ccc-5c23)cc1. The van der Waals surface area contributed by atoms with Gasteiger partial charge in [0.05, 0.1) is 0 Å². The molecule has 0 saturated heterocycles. The van der Waals surface area contributed by atoms with Crippen LogP contribution in [-0.4, -0.2) is 0 Å². The van der Waals surface area contributed by atoms with Crippen molar-refractivity contribution in [2.24, 2.45) is 0 Å². The van der Waals surface area contributed by atoms with Gasteiger partial charge in [-0.25, -0.2) is 0 Å². The molecule has 0 saturated carbocycles. The molecule has 11 aromatic carbocycles. The van der Waals surface area contributed by atoms with E-state index in [0.717, 1.165) is 0 Å². The first-order valence-electron chi connectivity index (χ1n) is 18.9. The summed E-state index contributed by atoms with van der Waals surface area (Å²) in [6.07, 6.45) is 0. The van der Waals surface area contributed by atoms with E-state index in [1.807, 2.05) is 0 Å². The molecule has 0 amide bonds. The Morgan fingerprint density at radius 3 is 1.19 bits per heavy atom. The molecule has 54 heavy (non-hydrogen) atoms. The molecule has 1 aliphatic carbocycles. The monoisotopic (exact) mass is 680 g/mol. The minimum Gasteiger partial charge on any atom is -0.0622 e. The second-order valence-corrected chi connectivity index (χ2v) is 14.7. The van der Waals surface area contributed by atoms with Crippen LogP contribution in [-0.2, 0) is 0 Å². The summed E-state index contributed by atoms with van der Waals surface area (Å²) in [4.78, 5) is 0. The molecule has 1 aliphatic rings. The van der Waals surface area contributed by atoms with Crippen LogP contribution in [0.3, 0.4) is 0 Å². The van der Waals surface area contributed by atoms with Crippen LogP contribution in [0.25, 0.3) is 121 Å². The van der Waals surface area contributed by atoms with E-state index in [2.05, 4.69) is 194 Å². The Labute approximate surface area is 313 Å². The molecule has 0 unspecified atom stereocenters.